The minimum atomic E-state index is -0.0694. The molecule has 146 valence electrons. The molecule has 0 aromatic carbocycles. The number of nitrogens with zero attached hydrogens (tertiary/aromatic N) is 5. The normalized spacial score (nSPS) is 18.8. The molecule has 0 saturated heterocycles. The zero-order valence-corrected chi connectivity index (χ0v) is 15.8. The largest absolute Gasteiger partial charge is 0.367 e. The van der Waals surface area contributed by atoms with Gasteiger partial charge in [-0.15, -0.1) is 5.10 Å². The standard InChI is InChI=1S/C21H21N7O/c29-20-5-1-2-10-27(20)17-8-9-19(22-13-17)24-15-6-7-16(12-15)25-21-23-14-18-4-3-11-28(18)26-21/h1-5,8-11,13-16H,6-7,12H2,(H,22,24)(H,25,26)/t15-,16-/m0/s1. The van der Waals surface area contributed by atoms with Crippen LogP contribution in [0.2, 0.25) is 0 Å². The number of nitrogens with one attached hydrogen (secondary N) is 2. The highest BCUT2D eigenvalue weighted by molar-refractivity contribution is 5.46. The molecule has 1 aliphatic carbocycles. The summed E-state index contributed by atoms with van der Waals surface area (Å²) in [5.74, 6) is 1.46. The van der Waals surface area contributed by atoms with E-state index < -0.39 is 0 Å². The van der Waals surface area contributed by atoms with E-state index in [1.807, 2.05) is 47.2 Å². The first-order valence-corrected chi connectivity index (χ1v) is 9.72. The van der Waals surface area contributed by atoms with Gasteiger partial charge in [-0.25, -0.2) is 14.5 Å². The third kappa shape index (κ3) is 3.69. The summed E-state index contributed by atoms with van der Waals surface area (Å²) < 4.78 is 3.40. The highest BCUT2D eigenvalue weighted by Crippen LogP contribution is 2.24. The van der Waals surface area contributed by atoms with Gasteiger partial charge in [0.25, 0.3) is 5.56 Å². The second-order valence-corrected chi connectivity index (χ2v) is 7.27. The molecule has 2 N–H and O–H groups in total. The molecule has 4 aromatic rings. The Morgan fingerprint density at radius 3 is 2.62 bits per heavy atom. The van der Waals surface area contributed by atoms with E-state index in [0.717, 1.165) is 36.3 Å². The zero-order chi connectivity index (χ0) is 19.6. The molecule has 0 radical (unpaired) electrons. The second-order valence-electron chi connectivity index (χ2n) is 7.27. The van der Waals surface area contributed by atoms with Crippen molar-refractivity contribution in [3.8, 4) is 5.69 Å². The molecule has 2 atom stereocenters. The number of rotatable bonds is 5. The second kappa shape index (κ2) is 7.38. The Morgan fingerprint density at radius 2 is 1.79 bits per heavy atom. The average molecular weight is 387 g/mol. The first-order valence-electron chi connectivity index (χ1n) is 9.72. The van der Waals surface area contributed by atoms with E-state index in [0.29, 0.717) is 18.0 Å². The summed E-state index contributed by atoms with van der Waals surface area (Å²) in [6.45, 7) is 0. The van der Waals surface area contributed by atoms with Crippen molar-refractivity contribution >= 4 is 17.3 Å². The molecule has 4 heterocycles. The lowest BCUT2D eigenvalue weighted by Crippen LogP contribution is -2.22. The molecular formula is C21H21N7O. The minimum Gasteiger partial charge on any atom is -0.367 e. The van der Waals surface area contributed by atoms with Gasteiger partial charge in [-0.1, -0.05) is 6.07 Å². The monoisotopic (exact) mass is 387 g/mol. The van der Waals surface area contributed by atoms with Crippen molar-refractivity contribution in [3.63, 3.8) is 0 Å². The summed E-state index contributed by atoms with van der Waals surface area (Å²) in [6, 6.07) is 13.5. The van der Waals surface area contributed by atoms with E-state index in [1.165, 1.54) is 6.07 Å². The van der Waals surface area contributed by atoms with Gasteiger partial charge in [0.1, 0.15) is 5.82 Å². The molecule has 4 aromatic heterocycles. The van der Waals surface area contributed by atoms with Gasteiger partial charge in [0, 0.05) is 30.5 Å². The van der Waals surface area contributed by atoms with Crippen LogP contribution in [0.3, 0.4) is 0 Å². The van der Waals surface area contributed by atoms with E-state index in [1.54, 1.807) is 23.0 Å². The number of aromatic nitrogens is 5. The lowest BCUT2D eigenvalue weighted by molar-refractivity contribution is 0.711. The van der Waals surface area contributed by atoms with Gasteiger partial charge in [0.05, 0.1) is 23.6 Å². The van der Waals surface area contributed by atoms with Crippen LogP contribution in [-0.4, -0.2) is 36.2 Å². The zero-order valence-electron chi connectivity index (χ0n) is 15.8. The van der Waals surface area contributed by atoms with Crippen LogP contribution in [0.15, 0.2) is 72.0 Å². The number of pyridine rings is 2. The summed E-state index contributed by atoms with van der Waals surface area (Å²) >= 11 is 0. The van der Waals surface area contributed by atoms with Crippen LogP contribution >= 0.6 is 0 Å². The molecule has 0 unspecified atom stereocenters. The van der Waals surface area contributed by atoms with Crippen molar-refractivity contribution in [3.05, 3.63) is 77.6 Å². The van der Waals surface area contributed by atoms with Crippen LogP contribution in [0.25, 0.3) is 11.2 Å². The average Bonchev–Trinajstić information content (AvgIpc) is 3.38. The maximum Gasteiger partial charge on any atom is 0.255 e. The highest BCUT2D eigenvalue weighted by atomic mass is 16.1. The molecule has 0 bridgehead atoms. The third-order valence-corrected chi connectivity index (χ3v) is 5.25. The number of fused-ring (bicyclic) bond motifs is 1. The maximum absolute atomic E-state index is 11.9. The van der Waals surface area contributed by atoms with Gasteiger partial charge in [-0.05, 0) is 49.6 Å². The van der Waals surface area contributed by atoms with Crippen LogP contribution in [0.5, 0.6) is 0 Å². The Morgan fingerprint density at radius 1 is 0.897 bits per heavy atom. The predicted molar refractivity (Wildman–Crippen MR) is 111 cm³/mol. The lowest BCUT2D eigenvalue weighted by Gasteiger charge is -2.15. The fourth-order valence-electron chi connectivity index (χ4n) is 3.79. The molecule has 8 nitrogen and oxygen atoms in total. The van der Waals surface area contributed by atoms with Crippen molar-refractivity contribution in [1.29, 1.82) is 0 Å². The Kier molecular flexibility index (Phi) is 4.44. The Labute approximate surface area is 167 Å². The SMILES string of the molecule is O=c1ccccn1-c1ccc(N[C@H]2CC[C@H](Nc3ncc4cccn4n3)C2)nc1. The fourth-order valence-corrected chi connectivity index (χ4v) is 3.79. The van der Waals surface area contributed by atoms with E-state index in [4.69, 9.17) is 0 Å². The highest BCUT2D eigenvalue weighted by Gasteiger charge is 2.25. The van der Waals surface area contributed by atoms with Gasteiger partial charge in [0.15, 0.2) is 0 Å². The molecule has 0 amide bonds. The number of hydrogen-bond acceptors (Lipinski definition) is 6. The molecule has 5 rings (SSSR count). The Balaban J connectivity index is 1.20. The summed E-state index contributed by atoms with van der Waals surface area (Å²) in [7, 11) is 0. The van der Waals surface area contributed by atoms with Crippen LogP contribution in [0, 0.1) is 0 Å². The number of anilines is 2. The molecule has 0 spiro atoms. The Bertz CT molecular complexity index is 1180. The summed E-state index contributed by atoms with van der Waals surface area (Å²) in [4.78, 5) is 20.8. The summed E-state index contributed by atoms with van der Waals surface area (Å²) in [5, 5.41) is 11.4. The number of hydrogen-bond donors (Lipinski definition) is 2. The smallest absolute Gasteiger partial charge is 0.255 e. The van der Waals surface area contributed by atoms with Gasteiger partial charge in [0.2, 0.25) is 5.95 Å². The molecule has 0 aliphatic heterocycles. The molecule has 8 heteroatoms. The molecule has 29 heavy (non-hydrogen) atoms. The van der Waals surface area contributed by atoms with Crippen LogP contribution in [0.1, 0.15) is 19.3 Å². The van der Waals surface area contributed by atoms with Crippen LogP contribution < -0.4 is 16.2 Å². The van der Waals surface area contributed by atoms with E-state index in [-0.39, 0.29) is 5.56 Å². The van der Waals surface area contributed by atoms with E-state index in [2.05, 4.69) is 25.7 Å². The molecular weight excluding hydrogens is 366 g/mol. The summed E-state index contributed by atoms with van der Waals surface area (Å²) in [5.41, 5.74) is 1.67. The van der Waals surface area contributed by atoms with Crippen molar-refractivity contribution in [2.24, 2.45) is 0 Å². The van der Waals surface area contributed by atoms with E-state index >= 15 is 0 Å². The third-order valence-electron chi connectivity index (χ3n) is 5.25. The predicted octanol–water partition coefficient (Wildman–Crippen LogP) is 2.72. The first-order chi connectivity index (χ1) is 14.2. The van der Waals surface area contributed by atoms with Crippen LogP contribution in [-0.2, 0) is 0 Å². The van der Waals surface area contributed by atoms with E-state index in [9.17, 15) is 4.79 Å². The minimum absolute atomic E-state index is 0.0694. The Hall–Kier alpha value is -3.68. The van der Waals surface area contributed by atoms with Crippen molar-refractivity contribution in [2.75, 3.05) is 10.6 Å². The maximum atomic E-state index is 11.9. The van der Waals surface area contributed by atoms with Gasteiger partial charge in [-0.3, -0.25) is 9.36 Å². The topological polar surface area (TPSA) is 89.1 Å². The lowest BCUT2D eigenvalue weighted by atomic mass is 10.2. The van der Waals surface area contributed by atoms with Crippen LogP contribution in [0.4, 0.5) is 11.8 Å². The molecule has 1 fully saturated rings. The quantitative estimate of drug-likeness (QED) is 0.547. The van der Waals surface area contributed by atoms with Crippen molar-refractivity contribution < 1.29 is 0 Å². The molecule has 1 aliphatic rings. The van der Waals surface area contributed by atoms with Gasteiger partial charge >= 0.3 is 0 Å². The summed E-state index contributed by atoms with van der Waals surface area (Å²) in [6.07, 6.45) is 10.3. The van der Waals surface area contributed by atoms with Crippen molar-refractivity contribution in [1.82, 2.24) is 24.1 Å². The van der Waals surface area contributed by atoms with Gasteiger partial charge < -0.3 is 10.6 Å². The first kappa shape index (κ1) is 17.4. The fraction of sp³-hybridized carbons (Fsp3) is 0.238. The molecule has 1 saturated carbocycles. The van der Waals surface area contributed by atoms with Crippen molar-refractivity contribution in [2.45, 2.75) is 31.3 Å². The van der Waals surface area contributed by atoms with Gasteiger partial charge in [-0.2, -0.15) is 0 Å².